The van der Waals surface area contributed by atoms with Crippen LogP contribution in [0.1, 0.15) is 19.4 Å². The molecule has 2 N–H and O–H groups in total. The molecule has 1 unspecified atom stereocenters. The Kier molecular flexibility index (Phi) is 3.70. The van der Waals surface area contributed by atoms with Crippen LogP contribution in [0.15, 0.2) is 76.9 Å². The van der Waals surface area contributed by atoms with E-state index in [1.165, 1.54) is 0 Å². The first-order valence-electron chi connectivity index (χ1n) is 7.84. The monoisotopic (exact) mass is 337 g/mol. The maximum atomic E-state index is 4.81. The molecule has 0 bridgehead atoms. The van der Waals surface area contributed by atoms with E-state index in [-0.39, 0.29) is 4.99 Å². The normalized spacial score (nSPS) is 23.5. The molecule has 0 saturated heterocycles. The van der Waals surface area contributed by atoms with Gasteiger partial charge < -0.3 is 5.32 Å². The van der Waals surface area contributed by atoms with Crippen LogP contribution in [0.3, 0.4) is 0 Å². The standard InChI is InChI=1S/C18H19N5S/c1-14-13-24-18(2,19-14)23-21-17(15-9-5-3-6-10-15)20-22(23)16-11-7-4-8-12-16/h3-13,19H,1-2H3,(H,20,21). The molecular formula is C18H19N5S. The average Bonchev–Trinajstić information content (AvgIpc) is 3.21. The lowest BCUT2D eigenvalue weighted by atomic mass is 10.2. The summed E-state index contributed by atoms with van der Waals surface area (Å²) in [4.78, 5) is -0.361. The van der Waals surface area contributed by atoms with E-state index in [0.29, 0.717) is 0 Å². The summed E-state index contributed by atoms with van der Waals surface area (Å²) in [5.74, 6) is 0.827. The molecule has 0 aromatic heterocycles. The van der Waals surface area contributed by atoms with Gasteiger partial charge in [-0.15, -0.1) is 5.10 Å². The van der Waals surface area contributed by atoms with Gasteiger partial charge in [0.2, 0.25) is 0 Å². The van der Waals surface area contributed by atoms with Crippen LogP contribution in [-0.2, 0) is 0 Å². The second-order valence-corrected chi connectivity index (χ2v) is 7.16. The first-order valence-corrected chi connectivity index (χ1v) is 8.72. The SMILES string of the molecule is CC1=CSC(C)(N2NC(c3ccccc3)=NN2c2ccccc2)N1. The van der Waals surface area contributed by atoms with Crippen LogP contribution in [0.5, 0.6) is 0 Å². The van der Waals surface area contributed by atoms with Gasteiger partial charge in [0, 0.05) is 11.3 Å². The van der Waals surface area contributed by atoms with E-state index in [1.807, 2.05) is 46.6 Å². The van der Waals surface area contributed by atoms with Crippen LogP contribution in [0.4, 0.5) is 5.69 Å². The molecule has 2 aromatic carbocycles. The second kappa shape index (κ2) is 5.89. The highest BCUT2D eigenvalue weighted by molar-refractivity contribution is 8.03. The third-order valence-corrected chi connectivity index (χ3v) is 5.13. The van der Waals surface area contributed by atoms with Gasteiger partial charge >= 0.3 is 0 Å². The number of hydrogen-bond donors (Lipinski definition) is 2. The lowest BCUT2D eigenvalue weighted by Gasteiger charge is -2.38. The Hall–Kier alpha value is -2.44. The third kappa shape index (κ3) is 2.64. The van der Waals surface area contributed by atoms with Crippen molar-refractivity contribution in [3.8, 4) is 0 Å². The topological polar surface area (TPSA) is 42.9 Å². The minimum absolute atomic E-state index is 0.361. The zero-order valence-corrected chi connectivity index (χ0v) is 14.4. The highest BCUT2D eigenvalue weighted by atomic mass is 32.2. The van der Waals surface area contributed by atoms with Gasteiger partial charge in [-0.1, -0.05) is 65.4 Å². The van der Waals surface area contributed by atoms with Crippen molar-refractivity contribution in [1.82, 2.24) is 15.9 Å². The van der Waals surface area contributed by atoms with E-state index in [1.54, 1.807) is 11.8 Å². The van der Waals surface area contributed by atoms with Crippen molar-refractivity contribution < 1.29 is 0 Å². The van der Waals surface area contributed by atoms with E-state index in [0.717, 1.165) is 22.8 Å². The molecule has 24 heavy (non-hydrogen) atoms. The molecular weight excluding hydrogens is 318 g/mol. The molecule has 2 aliphatic rings. The summed E-state index contributed by atoms with van der Waals surface area (Å²) in [7, 11) is 0. The predicted molar refractivity (Wildman–Crippen MR) is 99.8 cm³/mol. The molecule has 0 spiro atoms. The number of hydrazone groups is 1. The lowest BCUT2D eigenvalue weighted by Crippen LogP contribution is -2.61. The minimum atomic E-state index is -0.361. The van der Waals surface area contributed by atoms with Crippen LogP contribution >= 0.6 is 11.8 Å². The zero-order chi connectivity index (χ0) is 16.6. The fourth-order valence-electron chi connectivity index (χ4n) is 2.78. The molecule has 0 fully saturated rings. The van der Waals surface area contributed by atoms with Crippen LogP contribution in [-0.4, -0.2) is 15.9 Å². The van der Waals surface area contributed by atoms with Crippen molar-refractivity contribution in [2.75, 3.05) is 5.12 Å². The summed E-state index contributed by atoms with van der Waals surface area (Å²) >= 11 is 1.72. The largest absolute Gasteiger partial charge is 0.359 e. The highest BCUT2D eigenvalue weighted by Crippen LogP contribution is 2.37. The molecule has 2 aromatic rings. The number of allylic oxidation sites excluding steroid dienone is 1. The van der Waals surface area contributed by atoms with Crippen LogP contribution in [0.25, 0.3) is 0 Å². The number of anilines is 1. The number of benzene rings is 2. The van der Waals surface area contributed by atoms with Gasteiger partial charge in [-0.3, -0.25) is 5.43 Å². The Labute approximate surface area is 146 Å². The van der Waals surface area contributed by atoms with Gasteiger partial charge in [-0.2, -0.15) is 5.12 Å². The van der Waals surface area contributed by atoms with Crippen molar-refractivity contribution in [2.45, 2.75) is 18.8 Å². The predicted octanol–water partition coefficient (Wildman–Crippen LogP) is 3.46. The van der Waals surface area contributed by atoms with Crippen molar-refractivity contribution in [3.05, 3.63) is 77.3 Å². The molecule has 122 valence electrons. The summed E-state index contributed by atoms with van der Waals surface area (Å²) in [6, 6.07) is 20.3. The summed E-state index contributed by atoms with van der Waals surface area (Å²) in [6.07, 6.45) is 0. The number of thioether (sulfide) groups is 1. The molecule has 1 atom stereocenters. The first-order chi connectivity index (χ1) is 11.7. The van der Waals surface area contributed by atoms with Gasteiger partial charge in [-0.25, -0.2) is 0 Å². The van der Waals surface area contributed by atoms with Crippen LogP contribution in [0, 0.1) is 0 Å². The Balaban J connectivity index is 1.71. The fraction of sp³-hybridized carbons (Fsp3) is 0.167. The quantitative estimate of drug-likeness (QED) is 0.898. The number of nitrogens with one attached hydrogen (secondary N) is 2. The molecule has 2 aliphatic heterocycles. The summed E-state index contributed by atoms with van der Waals surface area (Å²) < 4.78 is 0. The molecule has 2 heterocycles. The summed E-state index contributed by atoms with van der Waals surface area (Å²) in [6.45, 7) is 4.21. The van der Waals surface area contributed by atoms with Gasteiger partial charge in [-0.05, 0) is 31.4 Å². The zero-order valence-electron chi connectivity index (χ0n) is 13.6. The third-order valence-electron chi connectivity index (χ3n) is 3.93. The Morgan fingerprint density at radius 3 is 2.29 bits per heavy atom. The number of rotatable bonds is 3. The van der Waals surface area contributed by atoms with Gasteiger partial charge in [0.15, 0.2) is 10.8 Å². The lowest BCUT2D eigenvalue weighted by molar-refractivity contribution is 0.130. The summed E-state index contributed by atoms with van der Waals surface area (Å²) in [5, 5.41) is 14.4. The molecule has 6 heteroatoms. The van der Waals surface area contributed by atoms with E-state index >= 15 is 0 Å². The smallest absolute Gasteiger partial charge is 0.179 e. The maximum absolute atomic E-state index is 4.81. The maximum Gasteiger partial charge on any atom is 0.179 e. The number of para-hydroxylation sites is 1. The van der Waals surface area contributed by atoms with Crippen molar-refractivity contribution >= 4 is 23.3 Å². The van der Waals surface area contributed by atoms with E-state index in [9.17, 15) is 0 Å². The minimum Gasteiger partial charge on any atom is -0.359 e. The fourth-order valence-corrected chi connectivity index (χ4v) is 3.69. The first kappa shape index (κ1) is 15.1. The van der Waals surface area contributed by atoms with E-state index in [2.05, 4.69) is 54.3 Å². The van der Waals surface area contributed by atoms with E-state index in [4.69, 9.17) is 5.10 Å². The Bertz CT molecular complexity index is 790. The van der Waals surface area contributed by atoms with E-state index < -0.39 is 0 Å². The molecule has 0 amide bonds. The molecule has 0 aliphatic carbocycles. The number of nitrogens with zero attached hydrogens (tertiary/aromatic N) is 3. The Morgan fingerprint density at radius 1 is 1.00 bits per heavy atom. The molecule has 4 rings (SSSR count). The van der Waals surface area contributed by atoms with Crippen molar-refractivity contribution in [2.24, 2.45) is 5.10 Å². The summed E-state index contributed by atoms with van der Waals surface area (Å²) in [5.41, 5.74) is 6.65. The van der Waals surface area contributed by atoms with Crippen molar-refractivity contribution in [1.29, 1.82) is 0 Å². The van der Waals surface area contributed by atoms with Gasteiger partial charge in [0.1, 0.15) is 0 Å². The van der Waals surface area contributed by atoms with Crippen molar-refractivity contribution in [3.63, 3.8) is 0 Å². The average molecular weight is 337 g/mol. The van der Waals surface area contributed by atoms with Gasteiger partial charge in [0.25, 0.3) is 0 Å². The Morgan fingerprint density at radius 2 is 1.67 bits per heavy atom. The molecule has 0 radical (unpaired) electrons. The molecule has 5 nitrogen and oxygen atoms in total. The highest BCUT2D eigenvalue weighted by Gasteiger charge is 2.43. The number of hydrazine groups is 2. The second-order valence-electron chi connectivity index (χ2n) is 5.89. The van der Waals surface area contributed by atoms with Crippen LogP contribution < -0.4 is 15.9 Å². The number of amidine groups is 1. The molecule has 0 saturated carbocycles. The number of hydrogen-bond acceptors (Lipinski definition) is 6. The van der Waals surface area contributed by atoms with Gasteiger partial charge in [0.05, 0.1) is 5.69 Å². The van der Waals surface area contributed by atoms with Crippen LogP contribution in [0.2, 0.25) is 0 Å².